The smallest absolute Gasteiger partial charge is 0.451 e. The van der Waals surface area contributed by atoms with E-state index in [9.17, 15) is 13.2 Å². The molecule has 0 spiro atoms. The highest BCUT2D eigenvalue weighted by atomic mass is 35.5. The molecule has 0 bridgehead atoms. The second kappa shape index (κ2) is 5.30. The number of ether oxygens (including phenoxy) is 1. The van der Waals surface area contributed by atoms with Crippen LogP contribution in [0.4, 0.5) is 13.2 Å². The van der Waals surface area contributed by atoms with Crippen LogP contribution >= 0.6 is 11.6 Å². The topological polar surface area (TPSA) is 35.0 Å². The third kappa shape index (κ3) is 3.48. The molecule has 1 aromatic heterocycles. The van der Waals surface area contributed by atoms with Crippen LogP contribution in [0.1, 0.15) is 31.5 Å². The summed E-state index contributed by atoms with van der Waals surface area (Å²) in [4.78, 5) is 6.43. The molecule has 0 amide bonds. The van der Waals surface area contributed by atoms with Crippen LogP contribution in [0.5, 0.6) is 5.88 Å². The maximum absolute atomic E-state index is 12.4. The van der Waals surface area contributed by atoms with Gasteiger partial charge in [-0.05, 0) is 12.3 Å². The Kier molecular flexibility index (Phi) is 3.94. The quantitative estimate of drug-likeness (QED) is 0.789. The van der Waals surface area contributed by atoms with Gasteiger partial charge in [0.1, 0.15) is 5.15 Å². The monoisotopic (exact) mass is 280 g/mol. The predicted molar refractivity (Wildman–Crippen MR) is 59.5 cm³/mol. The number of hydrogen-bond acceptors (Lipinski definition) is 3. The average molecular weight is 281 g/mol. The minimum Gasteiger partial charge on any atom is -0.478 e. The minimum absolute atomic E-state index is 0.123. The van der Waals surface area contributed by atoms with Gasteiger partial charge in [0, 0.05) is 6.07 Å². The highest BCUT2D eigenvalue weighted by Gasteiger charge is 2.35. The number of rotatable bonds is 4. The van der Waals surface area contributed by atoms with Crippen LogP contribution in [0.3, 0.4) is 0 Å². The van der Waals surface area contributed by atoms with Gasteiger partial charge in [-0.15, -0.1) is 0 Å². The Morgan fingerprint density at radius 1 is 1.33 bits per heavy atom. The van der Waals surface area contributed by atoms with E-state index < -0.39 is 12.0 Å². The first-order valence-corrected chi connectivity index (χ1v) is 6.07. The maximum atomic E-state index is 12.4. The number of nitrogens with zero attached hydrogens (tertiary/aromatic N) is 2. The van der Waals surface area contributed by atoms with Gasteiger partial charge in [-0.2, -0.15) is 18.2 Å². The standard InChI is InChI=1S/C11H12ClF3N2O/c12-8-6-9(17-10(16-8)11(13,14)15)18-5-4-7-2-1-3-7/h6-7H,1-5H2. The van der Waals surface area contributed by atoms with Gasteiger partial charge in [-0.3, -0.25) is 0 Å². The molecule has 3 nitrogen and oxygen atoms in total. The van der Waals surface area contributed by atoms with Crippen molar-refractivity contribution >= 4 is 11.6 Å². The zero-order valence-electron chi connectivity index (χ0n) is 9.50. The van der Waals surface area contributed by atoms with Crippen molar-refractivity contribution in [3.63, 3.8) is 0 Å². The number of alkyl halides is 3. The van der Waals surface area contributed by atoms with Gasteiger partial charge in [-0.25, -0.2) is 4.98 Å². The van der Waals surface area contributed by atoms with E-state index in [1.165, 1.54) is 25.3 Å². The van der Waals surface area contributed by atoms with Crippen LogP contribution in [-0.4, -0.2) is 16.6 Å². The first-order chi connectivity index (χ1) is 8.45. The van der Waals surface area contributed by atoms with Crippen LogP contribution in [0, 0.1) is 5.92 Å². The molecule has 2 rings (SSSR count). The van der Waals surface area contributed by atoms with Gasteiger partial charge in [0.15, 0.2) is 0 Å². The SMILES string of the molecule is FC(F)(F)c1nc(Cl)cc(OCCC2CCC2)n1. The lowest BCUT2D eigenvalue weighted by Crippen LogP contribution is -2.16. The summed E-state index contributed by atoms with van der Waals surface area (Å²) in [6, 6.07) is 1.19. The Balaban J connectivity index is 1.96. The van der Waals surface area contributed by atoms with Crippen LogP contribution < -0.4 is 4.74 Å². The van der Waals surface area contributed by atoms with Gasteiger partial charge in [-0.1, -0.05) is 30.9 Å². The molecule has 0 radical (unpaired) electrons. The van der Waals surface area contributed by atoms with Crippen molar-refractivity contribution in [2.45, 2.75) is 31.9 Å². The fraction of sp³-hybridized carbons (Fsp3) is 0.636. The summed E-state index contributed by atoms with van der Waals surface area (Å²) < 4.78 is 42.5. The van der Waals surface area contributed by atoms with Gasteiger partial charge >= 0.3 is 6.18 Å². The van der Waals surface area contributed by atoms with E-state index in [2.05, 4.69) is 9.97 Å². The lowest BCUT2D eigenvalue weighted by atomic mass is 9.83. The van der Waals surface area contributed by atoms with Gasteiger partial charge < -0.3 is 4.74 Å². The van der Waals surface area contributed by atoms with E-state index in [1.807, 2.05) is 0 Å². The third-order valence-electron chi connectivity index (χ3n) is 2.93. The molecule has 1 heterocycles. The number of aromatic nitrogens is 2. The molecule has 0 aliphatic heterocycles. The molecule has 0 atom stereocenters. The van der Waals surface area contributed by atoms with Gasteiger partial charge in [0.05, 0.1) is 6.61 Å². The molecule has 0 unspecified atom stereocenters. The van der Waals surface area contributed by atoms with E-state index in [4.69, 9.17) is 16.3 Å². The molecule has 0 aromatic carbocycles. The Morgan fingerprint density at radius 3 is 2.61 bits per heavy atom. The van der Waals surface area contributed by atoms with E-state index >= 15 is 0 Å². The first kappa shape index (κ1) is 13.4. The molecular weight excluding hydrogens is 269 g/mol. The summed E-state index contributed by atoms with van der Waals surface area (Å²) >= 11 is 5.50. The Labute approximate surface area is 107 Å². The van der Waals surface area contributed by atoms with E-state index in [-0.39, 0.29) is 11.0 Å². The molecule has 18 heavy (non-hydrogen) atoms. The lowest BCUT2D eigenvalue weighted by molar-refractivity contribution is -0.145. The fourth-order valence-electron chi connectivity index (χ4n) is 1.71. The zero-order chi connectivity index (χ0) is 13.2. The van der Waals surface area contributed by atoms with Gasteiger partial charge in [0.25, 0.3) is 0 Å². The third-order valence-corrected chi connectivity index (χ3v) is 3.12. The molecule has 1 saturated carbocycles. The second-order valence-corrected chi connectivity index (χ2v) is 4.67. The normalized spacial score (nSPS) is 16.4. The highest BCUT2D eigenvalue weighted by molar-refractivity contribution is 6.29. The molecule has 1 aliphatic carbocycles. The summed E-state index contributed by atoms with van der Waals surface area (Å²) in [7, 11) is 0. The van der Waals surface area contributed by atoms with Crippen molar-refractivity contribution < 1.29 is 17.9 Å². The van der Waals surface area contributed by atoms with E-state index in [0.29, 0.717) is 12.5 Å². The second-order valence-electron chi connectivity index (χ2n) is 4.28. The Morgan fingerprint density at radius 2 is 2.06 bits per heavy atom. The van der Waals surface area contributed by atoms with Crippen molar-refractivity contribution in [3.05, 3.63) is 17.0 Å². The van der Waals surface area contributed by atoms with Crippen molar-refractivity contribution in [3.8, 4) is 5.88 Å². The summed E-state index contributed by atoms with van der Waals surface area (Å²) in [6.45, 7) is 0.356. The predicted octanol–water partition coefficient (Wildman–Crippen LogP) is 3.72. The highest BCUT2D eigenvalue weighted by Crippen LogP contribution is 2.30. The summed E-state index contributed by atoms with van der Waals surface area (Å²) in [5.41, 5.74) is 0. The largest absolute Gasteiger partial charge is 0.478 e. The molecule has 1 aliphatic rings. The number of hydrogen-bond donors (Lipinski definition) is 0. The minimum atomic E-state index is -4.61. The fourth-order valence-corrected chi connectivity index (χ4v) is 1.88. The lowest BCUT2D eigenvalue weighted by Gasteiger charge is -2.24. The van der Waals surface area contributed by atoms with Crippen molar-refractivity contribution in [1.29, 1.82) is 0 Å². The average Bonchev–Trinajstić information content (AvgIpc) is 2.20. The first-order valence-electron chi connectivity index (χ1n) is 5.70. The summed E-state index contributed by atoms with van der Waals surface area (Å²) in [5, 5.41) is -0.268. The maximum Gasteiger partial charge on any atom is 0.451 e. The molecule has 7 heteroatoms. The van der Waals surface area contributed by atoms with E-state index in [1.54, 1.807) is 0 Å². The molecule has 1 fully saturated rings. The molecular formula is C11H12ClF3N2O. The summed E-state index contributed by atoms with van der Waals surface area (Å²) in [5.74, 6) is -0.764. The zero-order valence-corrected chi connectivity index (χ0v) is 10.3. The Hall–Kier alpha value is -1.04. The molecule has 0 N–H and O–H groups in total. The van der Waals surface area contributed by atoms with Crippen LogP contribution in [0.25, 0.3) is 0 Å². The summed E-state index contributed by atoms with van der Waals surface area (Å²) in [6.07, 6.45) is -0.217. The number of halogens is 4. The molecule has 100 valence electrons. The van der Waals surface area contributed by atoms with E-state index in [0.717, 1.165) is 6.42 Å². The van der Waals surface area contributed by atoms with Crippen LogP contribution in [0.2, 0.25) is 5.15 Å². The van der Waals surface area contributed by atoms with Crippen molar-refractivity contribution in [2.24, 2.45) is 5.92 Å². The van der Waals surface area contributed by atoms with Crippen LogP contribution in [0.15, 0.2) is 6.07 Å². The van der Waals surface area contributed by atoms with Gasteiger partial charge in [0.2, 0.25) is 11.7 Å². The Bertz CT molecular complexity index is 421. The van der Waals surface area contributed by atoms with Crippen molar-refractivity contribution in [1.82, 2.24) is 9.97 Å². The molecule has 1 aromatic rings. The molecule has 0 saturated heterocycles. The van der Waals surface area contributed by atoms with Crippen LogP contribution in [-0.2, 0) is 6.18 Å². The van der Waals surface area contributed by atoms with Crippen molar-refractivity contribution in [2.75, 3.05) is 6.61 Å².